The molecule has 7 heteroatoms. The first-order valence-corrected chi connectivity index (χ1v) is 9.47. The molecule has 1 amide bonds. The fourth-order valence-electron chi connectivity index (χ4n) is 3.62. The number of oxazole rings is 1. The molecule has 28 heavy (non-hydrogen) atoms. The minimum absolute atomic E-state index is 0.0857. The van der Waals surface area contributed by atoms with Gasteiger partial charge in [0.15, 0.2) is 5.89 Å². The van der Waals surface area contributed by atoms with E-state index < -0.39 is 0 Å². The smallest absolute Gasteiger partial charge is 0.272 e. The number of nitrogens with two attached hydrogens (primary N) is 1. The molecule has 0 saturated carbocycles. The fourth-order valence-corrected chi connectivity index (χ4v) is 3.62. The van der Waals surface area contributed by atoms with Crippen LogP contribution in [0.3, 0.4) is 0 Å². The molecule has 0 bridgehead atoms. The summed E-state index contributed by atoms with van der Waals surface area (Å²) in [4.78, 5) is 27.3. The van der Waals surface area contributed by atoms with Crippen LogP contribution < -0.4 is 5.73 Å². The quantitative estimate of drug-likeness (QED) is 0.751. The Bertz CT molecular complexity index is 950. The first-order valence-electron chi connectivity index (χ1n) is 9.47. The number of carbonyl (C=O) groups is 1. The van der Waals surface area contributed by atoms with Crippen LogP contribution in [-0.4, -0.2) is 38.8 Å². The number of rotatable bonds is 4. The molecule has 2 aromatic heterocycles. The van der Waals surface area contributed by atoms with Crippen LogP contribution in [0.5, 0.6) is 0 Å². The van der Waals surface area contributed by atoms with E-state index in [0.717, 1.165) is 18.6 Å². The Kier molecular flexibility index (Phi) is 5.06. The van der Waals surface area contributed by atoms with Crippen molar-refractivity contribution in [3.8, 4) is 0 Å². The third-order valence-corrected chi connectivity index (χ3v) is 4.94. The predicted molar refractivity (Wildman–Crippen MR) is 105 cm³/mol. The number of carbonyl (C=O) groups excluding carboxylic acids is 1. The van der Waals surface area contributed by atoms with Crippen molar-refractivity contribution < 1.29 is 9.21 Å². The van der Waals surface area contributed by atoms with Crippen molar-refractivity contribution in [3.05, 3.63) is 71.2 Å². The van der Waals surface area contributed by atoms with Gasteiger partial charge in [-0.1, -0.05) is 30.3 Å². The zero-order chi connectivity index (χ0) is 19.5. The highest BCUT2D eigenvalue weighted by Crippen LogP contribution is 2.28. The van der Waals surface area contributed by atoms with Gasteiger partial charge in [-0.25, -0.2) is 15.0 Å². The molecule has 144 valence electrons. The Morgan fingerprint density at radius 2 is 2.11 bits per heavy atom. The van der Waals surface area contributed by atoms with E-state index in [0.29, 0.717) is 36.8 Å². The summed E-state index contributed by atoms with van der Waals surface area (Å²) in [7, 11) is 0. The van der Waals surface area contributed by atoms with Gasteiger partial charge in [0, 0.05) is 25.2 Å². The average molecular weight is 377 g/mol. The van der Waals surface area contributed by atoms with Gasteiger partial charge in [-0.15, -0.1) is 0 Å². The van der Waals surface area contributed by atoms with E-state index in [-0.39, 0.29) is 17.8 Å². The van der Waals surface area contributed by atoms with Crippen LogP contribution in [-0.2, 0) is 6.42 Å². The number of amides is 1. The Labute approximate surface area is 163 Å². The highest BCUT2D eigenvalue weighted by Gasteiger charge is 2.29. The molecule has 7 nitrogen and oxygen atoms in total. The number of hydrogen-bond donors (Lipinski definition) is 1. The topological polar surface area (TPSA) is 98.1 Å². The second-order valence-electron chi connectivity index (χ2n) is 7.17. The maximum Gasteiger partial charge on any atom is 0.272 e. The Morgan fingerprint density at radius 1 is 1.29 bits per heavy atom. The molecular weight excluding hydrogens is 354 g/mol. The summed E-state index contributed by atoms with van der Waals surface area (Å²) in [5.41, 5.74) is 7.89. The van der Waals surface area contributed by atoms with E-state index in [1.165, 1.54) is 5.56 Å². The number of nitrogens with zero attached hydrogens (tertiary/aromatic N) is 4. The summed E-state index contributed by atoms with van der Waals surface area (Å²) < 4.78 is 6.00. The molecule has 1 fully saturated rings. The molecule has 1 aromatic carbocycles. The Morgan fingerprint density at radius 3 is 2.89 bits per heavy atom. The van der Waals surface area contributed by atoms with Gasteiger partial charge in [0.1, 0.15) is 11.5 Å². The summed E-state index contributed by atoms with van der Waals surface area (Å²) in [5.74, 6) is 1.61. The normalized spacial score (nSPS) is 16.9. The monoisotopic (exact) mass is 377 g/mol. The van der Waals surface area contributed by atoms with E-state index in [1.807, 2.05) is 18.2 Å². The number of aromatic nitrogens is 3. The molecule has 3 heterocycles. The lowest BCUT2D eigenvalue weighted by molar-refractivity contribution is 0.0692. The lowest BCUT2D eigenvalue weighted by atomic mass is 9.97. The second kappa shape index (κ2) is 7.80. The minimum Gasteiger partial charge on any atom is -0.445 e. The second-order valence-corrected chi connectivity index (χ2v) is 7.17. The number of piperidine rings is 1. The number of nitrogen functional groups attached to an aromatic ring is 1. The van der Waals surface area contributed by atoms with Crippen LogP contribution in [0.4, 0.5) is 5.95 Å². The third kappa shape index (κ3) is 4.03. The van der Waals surface area contributed by atoms with E-state index in [2.05, 4.69) is 27.1 Å². The number of benzene rings is 1. The molecule has 1 aliphatic rings. The van der Waals surface area contributed by atoms with Gasteiger partial charge < -0.3 is 15.1 Å². The molecule has 1 saturated heterocycles. The average Bonchev–Trinajstić information content (AvgIpc) is 3.16. The molecule has 3 aromatic rings. The first-order chi connectivity index (χ1) is 13.6. The van der Waals surface area contributed by atoms with Gasteiger partial charge >= 0.3 is 0 Å². The van der Waals surface area contributed by atoms with Gasteiger partial charge in [-0.05, 0) is 31.4 Å². The number of likely N-dealkylation sites (tertiary alicyclic amines) is 1. The van der Waals surface area contributed by atoms with Gasteiger partial charge in [-0.3, -0.25) is 4.79 Å². The molecule has 4 rings (SSSR count). The van der Waals surface area contributed by atoms with Gasteiger partial charge in [0.2, 0.25) is 5.95 Å². The van der Waals surface area contributed by atoms with E-state index in [1.54, 1.807) is 24.1 Å². The van der Waals surface area contributed by atoms with Crippen molar-refractivity contribution in [1.82, 2.24) is 19.9 Å². The van der Waals surface area contributed by atoms with Gasteiger partial charge in [0.05, 0.1) is 12.1 Å². The largest absolute Gasteiger partial charge is 0.445 e. The summed E-state index contributed by atoms with van der Waals surface area (Å²) in [6, 6.07) is 11.8. The molecule has 0 radical (unpaired) electrons. The van der Waals surface area contributed by atoms with Crippen molar-refractivity contribution >= 4 is 11.9 Å². The zero-order valence-electron chi connectivity index (χ0n) is 15.8. The number of aryl methyl sites for hydroxylation is 1. The van der Waals surface area contributed by atoms with E-state index in [9.17, 15) is 4.79 Å². The molecule has 0 unspecified atom stereocenters. The van der Waals surface area contributed by atoms with Crippen molar-refractivity contribution in [2.75, 3.05) is 18.8 Å². The molecule has 1 atom stereocenters. The van der Waals surface area contributed by atoms with Crippen LogP contribution in [0.25, 0.3) is 0 Å². The third-order valence-electron chi connectivity index (χ3n) is 4.94. The fraction of sp³-hybridized carbons (Fsp3) is 0.333. The van der Waals surface area contributed by atoms with Crippen molar-refractivity contribution in [2.45, 2.75) is 32.1 Å². The van der Waals surface area contributed by atoms with Crippen molar-refractivity contribution in [2.24, 2.45) is 0 Å². The summed E-state index contributed by atoms with van der Waals surface area (Å²) in [6.45, 7) is 3.05. The number of anilines is 1. The maximum absolute atomic E-state index is 12.9. The number of hydrogen-bond acceptors (Lipinski definition) is 6. The van der Waals surface area contributed by atoms with Crippen LogP contribution in [0.1, 0.15) is 52.2 Å². The van der Waals surface area contributed by atoms with Crippen LogP contribution >= 0.6 is 0 Å². The molecule has 1 aliphatic heterocycles. The zero-order valence-corrected chi connectivity index (χ0v) is 15.8. The molecule has 0 aliphatic carbocycles. The molecule has 2 N–H and O–H groups in total. The van der Waals surface area contributed by atoms with E-state index in [4.69, 9.17) is 10.2 Å². The van der Waals surface area contributed by atoms with Crippen molar-refractivity contribution in [1.29, 1.82) is 0 Å². The first kappa shape index (κ1) is 18.2. The lowest BCUT2D eigenvalue weighted by Crippen LogP contribution is -2.39. The minimum atomic E-state index is -0.127. The molecular formula is C21H23N5O2. The highest BCUT2D eigenvalue weighted by atomic mass is 16.4. The SMILES string of the molecule is Cc1cc(C(=O)N2CCC[C@H](c3ncc(Cc4ccccc4)o3)C2)nc(N)n1. The maximum atomic E-state index is 12.9. The predicted octanol–water partition coefficient (Wildman–Crippen LogP) is 2.97. The van der Waals surface area contributed by atoms with Crippen LogP contribution in [0, 0.1) is 6.92 Å². The van der Waals surface area contributed by atoms with Crippen LogP contribution in [0.15, 0.2) is 47.0 Å². The highest BCUT2D eigenvalue weighted by molar-refractivity contribution is 5.92. The van der Waals surface area contributed by atoms with E-state index >= 15 is 0 Å². The Balaban J connectivity index is 1.46. The Hall–Kier alpha value is -3.22. The van der Waals surface area contributed by atoms with Gasteiger partial charge in [0.25, 0.3) is 5.91 Å². The lowest BCUT2D eigenvalue weighted by Gasteiger charge is -2.31. The van der Waals surface area contributed by atoms with Crippen LogP contribution in [0.2, 0.25) is 0 Å². The van der Waals surface area contributed by atoms with Gasteiger partial charge in [-0.2, -0.15) is 0 Å². The summed E-state index contributed by atoms with van der Waals surface area (Å²) in [6.07, 6.45) is 4.34. The standard InChI is InChI=1S/C21H23N5O2/c1-14-10-18(25-21(22)24-14)20(27)26-9-5-8-16(13-26)19-23-12-17(28-19)11-15-6-3-2-4-7-15/h2-4,6-7,10,12,16H,5,8-9,11,13H2,1H3,(H2,22,24,25)/t16-/m0/s1. The summed E-state index contributed by atoms with van der Waals surface area (Å²) >= 11 is 0. The molecule has 0 spiro atoms. The summed E-state index contributed by atoms with van der Waals surface area (Å²) in [5, 5.41) is 0. The van der Waals surface area contributed by atoms with Crippen molar-refractivity contribution in [3.63, 3.8) is 0 Å².